The zero-order valence-corrected chi connectivity index (χ0v) is 16.9. The number of hydrogen-bond acceptors (Lipinski definition) is 5. The molecule has 0 unspecified atom stereocenters. The molecule has 0 aliphatic heterocycles. The molecule has 0 bridgehead atoms. The number of anilines is 1. The summed E-state index contributed by atoms with van der Waals surface area (Å²) >= 11 is 1.59. The van der Waals surface area contributed by atoms with Gasteiger partial charge in [-0.25, -0.2) is 4.68 Å². The molecule has 0 saturated heterocycles. The maximum atomic E-state index is 12.4. The van der Waals surface area contributed by atoms with E-state index in [9.17, 15) is 4.79 Å². The predicted octanol–water partition coefficient (Wildman–Crippen LogP) is 4.96. The third-order valence-corrected chi connectivity index (χ3v) is 5.15. The van der Waals surface area contributed by atoms with Crippen molar-refractivity contribution in [2.75, 3.05) is 11.9 Å². The average Bonchev–Trinajstić information content (AvgIpc) is 3.39. The molecule has 0 radical (unpaired) electrons. The highest BCUT2D eigenvalue weighted by atomic mass is 32.1. The number of amides is 1. The van der Waals surface area contributed by atoms with Crippen LogP contribution in [-0.4, -0.2) is 27.3 Å². The minimum Gasteiger partial charge on any atom is -0.463 e. The molecule has 0 saturated carbocycles. The molecule has 4 rings (SSSR count). The van der Waals surface area contributed by atoms with Gasteiger partial charge in [0.05, 0.1) is 17.2 Å². The number of nitrogens with zero attached hydrogens (tertiary/aromatic N) is 3. The van der Waals surface area contributed by atoms with Crippen molar-refractivity contribution in [2.45, 2.75) is 13.8 Å². The smallest absolute Gasteiger partial charge is 0.336 e. The molecular weight excluding hydrogens is 384 g/mol. The lowest BCUT2D eigenvalue weighted by Crippen LogP contribution is -2.11. The molecule has 0 aliphatic rings. The molecule has 1 N–H and O–H groups in total. The molecular formula is C22H20N4O2S. The molecule has 7 heteroatoms. The van der Waals surface area contributed by atoms with E-state index in [4.69, 9.17) is 4.74 Å². The minimum absolute atomic E-state index is 0.142. The van der Waals surface area contributed by atoms with Crippen molar-refractivity contribution in [2.24, 2.45) is 0 Å². The van der Waals surface area contributed by atoms with Gasteiger partial charge in [-0.15, -0.1) is 16.4 Å². The maximum Gasteiger partial charge on any atom is 0.336 e. The van der Waals surface area contributed by atoms with E-state index in [1.165, 1.54) is 0 Å². The highest BCUT2D eigenvalue weighted by molar-refractivity contribution is 7.13. The number of ether oxygens (including phenoxy) is 1. The summed E-state index contributed by atoms with van der Waals surface area (Å²) in [5, 5.41) is 9.39. The van der Waals surface area contributed by atoms with Gasteiger partial charge in [-0.05, 0) is 61.7 Å². The number of aromatic nitrogens is 3. The summed E-state index contributed by atoms with van der Waals surface area (Å²) in [6.45, 7) is 4.39. The van der Waals surface area contributed by atoms with Gasteiger partial charge in [0, 0.05) is 11.3 Å². The Hall–Kier alpha value is -3.45. The van der Waals surface area contributed by atoms with Crippen LogP contribution in [-0.2, 0) is 0 Å². The van der Waals surface area contributed by atoms with E-state index in [-0.39, 0.29) is 5.91 Å². The summed E-state index contributed by atoms with van der Waals surface area (Å²) in [5.41, 5.74) is 3.28. The zero-order valence-electron chi connectivity index (χ0n) is 16.1. The number of hydrogen-bond donors (Lipinski definition) is 1. The highest BCUT2D eigenvalue weighted by Gasteiger charge is 2.15. The molecule has 2 heterocycles. The lowest BCUT2D eigenvalue weighted by Gasteiger charge is -2.08. The third-order valence-electron chi connectivity index (χ3n) is 4.29. The Kier molecular flexibility index (Phi) is 5.39. The van der Waals surface area contributed by atoms with E-state index in [1.54, 1.807) is 16.0 Å². The number of thiophene rings is 1. The van der Waals surface area contributed by atoms with Crippen molar-refractivity contribution < 1.29 is 9.53 Å². The van der Waals surface area contributed by atoms with Crippen molar-refractivity contribution >= 4 is 22.9 Å². The van der Waals surface area contributed by atoms with Crippen LogP contribution in [0.3, 0.4) is 0 Å². The van der Waals surface area contributed by atoms with Crippen LogP contribution in [0.4, 0.5) is 5.69 Å². The molecule has 2 aromatic heterocycles. The fraction of sp³-hybridized carbons (Fsp3) is 0.136. The Morgan fingerprint density at radius 2 is 1.86 bits per heavy atom. The number of benzene rings is 2. The summed E-state index contributed by atoms with van der Waals surface area (Å²) in [6, 6.07) is 19.3. The van der Waals surface area contributed by atoms with Crippen LogP contribution < -0.4 is 10.1 Å². The second-order valence-electron chi connectivity index (χ2n) is 6.41. The molecule has 0 spiro atoms. The summed E-state index contributed by atoms with van der Waals surface area (Å²) in [5.74, 6) is 0.580. The van der Waals surface area contributed by atoms with Gasteiger partial charge >= 0.3 is 6.01 Å². The lowest BCUT2D eigenvalue weighted by atomic mass is 10.1. The van der Waals surface area contributed by atoms with Crippen LogP contribution >= 0.6 is 11.3 Å². The van der Waals surface area contributed by atoms with Crippen LogP contribution in [0.2, 0.25) is 0 Å². The molecule has 0 aliphatic carbocycles. The van der Waals surface area contributed by atoms with Gasteiger partial charge in [-0.1, -0.05) is 23.8 Å². The second-order valence-corrected chi connectivity index (χ2v) is 7.35. The van der Waals surface area contributed by atoms with Crippen LogP contribution in [0, 0.1) is 6.92 Å². The summed E-state index contributed by atoms with van der Waals surface area (Å²) in [4.78, 5) is 17.9. The molecule has 0 fully saturated rings. The SMILES string of the molecule is CCOc1nc(-c2cccs2)n(-c2ccc(NC(=O)c3ccc(C)cc3)cc2)n1. The number of nitrogens with one attached hydrogen (secondary N) is 1. The van der Waals surface area contributed by atoms with Crippen LogP contribution in [0.25, 0.3) is 16.4 Å². The Morgan fingerprint density at radius 3 is 2.52 bits per heavy atom. The van der Waals surface area contributed by atoms with Crippen molar-refractivity contribution in [1.29, 1.82) is 0 Å². The van der Waals surface area contributed by atoms with Crippen LogP contribution in [0.5, 0.6) is 6.01 Å². The second kappa shape index (κ2) is 8.28. The zero-order chi connectivity index (χ0) is 20.2. The first-order valence-electron chi connectivity index (χ1n) is 9.26. The van der Waals surface area contributed by atoms with E-state index < -0.39 is 0 Å². The Bertz CT molecular complexity index is 1100. The number of carbonyl (C=O) groups is 1. The van der Waals surface area contributed by atoms with Gasteiger partial charge in [0.2, 0.25) is 0 Å². The lowest BCUT2D eigenvalue weighted by molar-refractivity contribution is 0.102. The van der Waals surface area contributed by atoms with E-state index in [0.29, 0.717) is 23.9 Å². The van der Waals surface area contributed by atoms with Crippen molar-refractivity contribution in [3.8, 4) is 22.4 Å². The molecule has 29 heavy (non-hydrogen) atoms. The number of carbonyl (C=O) groups excluding carboxylic acids is 1. The fourth-order valence-electron chi connectivity index (χ4n) is 2.82. The van der Waals surface area contributed by atoms with Crippen molar-refractivity contribution in [3.05, 3.63) is 77.2 Å². The van der Waals surface area contributed by atoms with Gasteiger partial charge in [-0.3, -0.25) is 4.79 Å². The predicted molar refractivity (Wildman–Crippen MR) is 115 cm³/mol. The highest BCUT2D eigenvalue weighted by Crippen LogP contribution is 2.27. The van der Waals surface area contributed by atoms with E-state index >= 15 is 0 Å². The minimum atomic E-state index is -0.142. The normalized spacial score (nSPS) is 10.7. The van der Waals surface area contributed by atoms with E-state index in [0.717, 1.165) is 22.0 Å². The monoisotopic (exact) mass is 404 g/mol. The fourth-order valence-corrected chi connectivity index (χ4v) is 3.52. The van der Waals surface area contributed by atoms with Crippen molar-refractivity contribution in [1.82, 2.24) is 14.8 Å². The average molecular weight is 404 g/mol. The van der Waals surface area contributed by atoms with Gasteiger partial charge < -0.3 is 10.1 Å². The van der Waals surface area contributed by atoms with Crippen LogP contribution in [0.15, 0.2) is 66.0 Å². The van der Waals surface area contributed by atoms with Gasteiger partial charge in [0.25, 0.3) is 5.91 Å². The number of rotatable bonds is 6. The van der Waals surface area contributed by atoms with Crippen LogP contribution in [0.1, 0.15) is 22.8 Å². The quantitative estimate of drug-likeness (QED) is 0.493. The topological polar surface area (TPSA) is 69.0 Å². The van der Waals surface area contributed by atoms with Crippen molar-refractivity contribution in [3.63, 3.8) is 0 Å². The Labute approximate surface area is 172 Å². The van der Waals surface area contributed by atoms with E-state index in [1.807, 2.05) is 79.9 Å². The summed E-state index contributed by atoms with van der Waals surface area (Å²) in [7, 11) is 0. The van der Waals surface area contributed by atoms with Gasteiger partial charge in [-0.2, -0.15) is 4.98 Å². The third kappa shape index (κ3) is 4.20. The largest absolute Gasteiger partial charge is 0.463 e. The molecule has 146 valence electrons. The molecule has 2 aromatic carbocycles. The van der Waals surface area contributed by atoms with Gasteiger partial charge in [0.15, 0.2) is 5.82 Å². The molecule has 4 aromatic rings. The summed E-state index contributed by atoms with van der Waals surface area (Å²) < 4.78 is 7.24. The molecule has 1 amide bonds. The molecule has 0 atom stereocenters. The summed E-state index contributed by atoms with van der Waals surface area (Å²) in [6.07, 6.45) is 0. The van der Waals surface area contributed by atoms with E-state index in [2.05, 4.69) is 15.4 Å². The maximum absolute atomic E-state index is 12.4. The first-order chi connectivity index (χ1) is 14.1. The first kappa shape index (κ1) is 18.9. The standard InChI is InChI=1S/C22H20N4O2S/c1-3-28-22-24-20(19-5-4-14-29-19)26(25-22)18-12-10-17(11-13-18)23-21(27)16-8-6-15(2)7-9-16/h4-14H,3H2,1-2H3,(H,23,27). The first-order valence-corrected chi connectivity index (χ1v) is 10.1. The Balaban J connectivity index is 1.58. The number of aryl methyl sites for hydroxylation is 1. The Morgan fingerprint density at radius 1 is 1.10 bits per heavy atom. The molecule has 6 nitrogen and oxygen atoms in total. The van der Waals surface area contributed by atoms with Gasteiger partial charge in [0.1, 0.15) is 0 Å².